The van der Waals surface area contributed by atoms with E-state index in [0.717, 1.165) is 0 Å². The second-order valence-electron chi connectivity index (χ2n) is 6.22. The fourth-order valence-corrected chi connectivity index (χ4v) is 2.37. The van der Waals surface area contributed by atoms with Gasteiger partial charge in [0.15, 0.2) is 6.67 Å². The van der Waals surface area contributed by atoms with Crippen LogP contribution in [0.15, 0.2) is 0 Å². The minimum Gasteiger partial charge on any atom is -0.550 e. The lowest BCUT2D eigenvalue weighted by atomic mass is 9.80. The Balaban J connectivity index is 4.99. The van der Waals surface area contributed by atoms with E-state index < -0.39 is 41.5 Å². The molecule has 132 valence electrons. The monoisotopic (exact) mass is 330 g/mol. The predicted octanol–water partition coefficient (Wildman–Crippen LogP) is -3.60. The van der Waals surface area contributed by atoms with Crippen molar-refractivity contribution in [2.75, 3.05) is 27.3 Å². The molecular formula is C14H24N3O6-. The van der Waals surface area contributed by atoms with Gasteiger partial charge in [-0.2, -0.15) is 0 Å². The van der Waals surface area contributed by atoms with E-state index in [2.05, 4.69) is 5.32 Å². The van der Waals surface area contributed by atoms with Gasteiger partial charge < -0.3 is 35.3 Å². The lowest BCUT2D eigenvalue weighted by molar-refractivity contribution is -0.886. The first kappa shape index (κ1) is 20.8. The molecule has 0 heterocycles. The standard InChI is InChI=1S/C14H25N3O6/c1-5-9(12(15)20)11(14(22)23)8(2)13(21)16-7-17(3,4)6-10(18)19/h8-9,11H,5-7H2,1-4H3,(H4-,15,16,18,19,20,21,22,23)/p-1. The van der Waals surface area contributed by atoms with Crippen molar-refractivity contribution in [3.8, 4) is 0 Å². The summed E-state index contributed by atoms with van der Waals surface area (Å²) in [5.41, 5.74) is 5.18. The summed E-state index contributed by atoms with van der Waals surface area (Å²) in [6.45, 7) is 2.59. The third-order valence-corrected chi connectivity index (χ3v) is 3.70. The Labute approximate surface area is 135 Å². The largest absolute Gasteiger partial charge is 0.550 e. The zero-order valence-electron chi connectivity index (χ0n) is 13.8. The minimum atomic E-state index is -1.53. The normalized spacial score (nSPS) is 15.3. The Kier molecular flexibility index (Phi) is 7.67. The maximum absolute atomic E-state index is 12.1. The molecule has 0 aliphatic carbocycles. The fraction of sp³-hybridized carbons (Fsp3) is 0.714. The molecule has 0 fully saturated rings. The molecule has 0 aliphatic heterocycles. The molecule has 0 rings (SSSR count). The third-order valence-electron chi connectivity index (χ3n) is 3.70. The molecule has 3 N–H and O–H groups in total. The van der Waals surface area contributed by atoms with Crippen LogP contribution in [0.4, 0.5) is 0 Å². The highest BCUT2D eigenvalue weighted by molar-refractivity contribution is 5.88. The maximum atomic E-state index is 12.1. The highest BCUT2D eigenvalue weighted by Crippen LogP contribution is 2.24. The molecule has 0 aromatic rings. The van der Waals surface area contributed by atoms with Gasteiger partial charge in [-0.05, 0) is 6.42 Å². The molecule has 3 atom stereocenters. The van der Waals surface area contributed by atoms with Crippen molar-refractivity contribution < 1.29 is 33.9 Å². The van der Waals surface area contributed by atoms with Crippen LogP contribution in [0.25, 0.3) is 0 Å². The first-order valence-corrected chi connectivity index (χ1v) is 7.22. The van der Waals surface area contributed by atoms with Gasteiger partial charge >= 0.3 is 0 Å². The van der Waals surface area contributed by atoms with Crippen LogP contribution in [0.1, 0.15) is 20.3 Å². The van der Waals surface area contributed by atoms with Crippen molar-refractivity contribution >= 4 is 23.8 Å². The van der Waals surface area contributed by atoms with Crippen molar-refractivity contribution in [2.45, 2.75) is 20.3 Å². The van der Waals surface area contributed by atoms with Crippen LogP contribution in [0.2, 0.25) is 0 Å². The number of hydrogen-bond donors (Lipinski definition) is 2. The van der Waals surface area contributed by atoms with Crippen LogP contribution in [0, 0.1) is 17.8 Å². The van der Waals surface area contributed by atoms with E-state index in [-0.39, 0.29) is 24.1 Å². The van der Waals surface area contributed by atoms with Crippen LogP contribution in [-0.4, -0.2) is 55.5 Å². The Bertz CT molecular complexity index is 477. The number of hydrogen-bond acceptors (Lipinski definition) is 6. The molecule has 0 aromatic carbocycles. The number of carbonyl (C=O) groups is 4. The highest BCUT2D eigenvalue weighted by atomic mass is 16.4. The Morgan fingerprint density at radius 1 is 1.17 bits per heavy atom. The molecule has 0 aromatic heterocycles. The molecule has 2 amide bonds. The van der Waals surface area contributed by atoms with E-state index in [4.69, 9.17) is 5.73 Å². The third kappa shape index (κ3) is 6.64. The second-order valence-corrected chi connectivity index (χ2v) is 6.22. The number of quaternary nitrogens is 1. The van der Waals surface area contributed by atoms with E-state index in [1.165, 1.54) is 6.92 Å². The number of nitrogens with zero attached hydrogens (tertiary/aromatic N) is 1. The minimum absolute atomic E-state index is 0.0374. The van der Waals surface area contributed by atoms with E-state index in [1.807, 2.05) is 0 Å². The number of nitrogens with one attached hydrogen (secondary N) is 1. The number of likely N-dealkylation sites (N-methyl/N-ethyl adjacent to an activating group) is 1. The van der Waals surface area contributed by atoms with E-state index in [1.54, 1.807) is 21.0 Å². The molecule has 3 unspecified atom stereocenters. The predicted molar refractivity (Wildman–Crippen MR) is 75.6 cm³/mol. The Morgan fingerprint density at radius 2 is 1.70 bits per heavy atom. The summed E-state index contributed by atoms with van der Waals surface area (Å²) in [4.78, 5) is 45.4. The molecule has 23 heavy (non-hydrogen) atoms. The topological polar surface area (TPSA) is 152 Å². The van der Waals surface area contributed by atoms with Crippen molar-refractivity contribution in [3.63, 3.8) is 0 Å². The summed E-state index contributed by atoms with van der Waals surface area (Å²) < 4.78 is -0.0796. The number of nitrogens with two attached hydrogens (primary N) is 1. The number of carbonyl (C=O) groups excluding carboxylic acids is 4. The van der Waals surface area contributed by atoms with Crippen molar-refractivity contribution in [2.24, 2.45) is 23.5 Å². The number of rotatable bonds is 10. The Hall–Kier alpha value is -2.16. The summed E-state index contributed by atoms with van der Waals surface area (Å²) in [6, 6.07) is 0. The molecular weight excluding hydrogens is 306 g/mol. The number of carboxylic acids is 2. The van der Waals surface area contributed by atoms with E-state index in [9.17, 15) is 29.4 Å². The van der Waals surface area contributed by atoms with Gasteiger partial charge in [0, 0.05) is 23.7 Å². The zero-order chi connectivity index (χ0) is 18.4. The quantitative estimate of drug-likeness (QED) is 0.312. The van der Waals surface area contributed by atoms with Crippen molar-refractivity contribution in [1.82, 2.24) is 5.32 Å². The van der Waals surface area contributed by atoms with Crippen LogP contribution < -0.4 is 21.3 Å². The van der Waals surface area contributed by atoms with Crippen LogP contribution in [0.5, 0.6) is 0 Å². The summed E-state index contributed by atoms with van der Waals surface area (Å²) in [7, 11) is 3.13. The number of amides is 2. The molecule has 0 aliphatic rings. The molecule has 0 spiro atoms. The van der Waals surface area contributed by atoms with E-state index >= 15 is 0 Å². The van der Waals surface area contributed by atoms with Gasteiger partial charge in [-0.15, -0.1) is 0 Å². The second kappa shape index (κ2) is 8.47. The number of primary amides is 1. The van der Waals surface area contributed by atoms with Crippen LogP contribution in [0.3, 0.4) is 0 Å². The zero-order valence-corrected chi connectivity index (χ0v) is 13.8. The summed E-state index contributed by atoms with van der Waals surface area (Å²) in [5, 5.41) is 24.4. The SMILES string of the molecule is CCC(C(N)=O)C(C(=O)[O-])C(C)C(=O)NC[N+](C)(C)CC(=O)[O-]. The molecule has 0 radical (unpaired) electrons. The lowest BCUT2D eigenvalue weighted by Crippen LogP contribution is -2.55. The molecule has 9 nitrogen and oxygen atoms in total. The number of aliphatic carboxylic acids is 2. The van der Waals surface area contributed by atoms with Gasteiger partial charge in [-0.1, -0.05) is 13.8 Å². The highest BCUT2D eigenvalue weighted by Gasteiger charge is 2.35. The van der Waals surface area contributed by atoms with Crippen LogP contribution in [-0.2, 0) is 19.2 Å². The van der Waals surface area contributed by atoms with Gasteiger partial charge in [0.05, 0.1) is 20.1 Å². The first-order valence-electron chi connectivity index (χ1n) is 7.22. The van der Waals surface area contributed by atoms with Gasteiger partial charge in [0.25, 0.3) is 0 Å². The molecule has 9 heteroatoms. The van der Waals surface area contributed by atoms with Crippen molar-refractivity contribution in [1.29, 1.82) is 0 Å². The van der Waals surface area contributed by atoms with Gasteiger partial charge in [0.1, 0.15) is 6.54 Å². The van der Waals surface area contributed by atoms with E-state index in [0.29, 0.717) is 0 Å². The summed E-state index contributed by atoms with van der Waals surface area (Å²) in [6.07, 6.45) is 0.165. The fourth-order valence-electron chi connectivity index (χ4n) is 2.37. The average Bonchev–Trinajstić information content (AvgIpc) is 2.38. The van der Waals surface area contributed by atoms with Gasteiger partial charge in [-0.25, -0.2) is 0 Å². The summed E-state index contributed by atoms with van der Waals surface area (Å²) >= 11 is 0. The smallest absolute Gasteiger partial charge is 0.227 e. The van der Waals surface area contributed by atoms with Gasteiger partial charge in [0.2, 0.25) is 11.8 Å². The summed E-state index contributed by atoms with van der Waals surface area (Å²) in [5.74, 6) is -7.66. The molecule has 0 bridgehead atoms. The van der Waals surface area contributed by atoms with Gasteiger partial charge in [-0.3, -0.25) is 9.59 Å². The number of carboxylic acid groups (broad SMARTS) is 2. The Morgan fingerprint density at radius 3 is 2.04 bits per heavy atom. The lowest BCUT2D eigenvalue weighted by Gasteiger charge is -2.32. The first-order chi connectivity index (χ1) is 10.4. The van der Waals surface area contributed by atoms with Crippen molar-refractivity contribution in [3.05, 3.63) is 0 Å². The average molecular weight is 330 g/mol. The molecule has 0 saturated carbocycles. The molecule has 0 saturated heterocycles. The van der Waals surface area contributed by atoms with Crippen LogP contribution >= 0.6 is 0 Å². The maximum Gasteiger partial charge on any atom is 0.227 e.